The molecular formula is C14H20FN. The summed E-state index contributed by atoms with van der Waals surface area (Å²) in [6.07, 6.45) is 4.97. The molecule has 1 N–H and O–H groups in total. The highest BCUT2D eigenvalue weighted by Crippen LogP contribution is 2.33. The van der Waals surface area contributed by atoms with Crippen LogP contribution in [0.25, 0.3) is 0 Å². The molecule has 1 saturated carbocycles. The van der Waals surface area contributed by atoms with E-state index in [0.29, 0.717) is 0 Å². The average molecular weight is 221 g/mol. The predicted octanol–water partition coefficient (Wildman–Crippen LogP) is 3.00. The molecule has 1 aromatic rings. The molecule has 0 aliphatic heterocycles. The van der Waals surface area contributed by atoms with Crippen LogP contribution in [0.4, 0.5) is 4.39 Å². The quantitative estimate of drug-likeness (QED) is 0.824. The molecule has 1 fully saturated rings. The number of hydrogen-bond donors (Lipinski definition) is 1. The SMILES string of the molecule is CNCC1CCCC1Cc1cccc(F)c1. The maximum Gasteiger partial charge on any atom is 0.123 e. The van der Waals surface area contributed by atoms with Gasteiger partial charge in [0.25, 0.3) is 0 Å². The summed E-state index contributed by atoms with van der Waals surface area (Å²) in [6, 6.07) is 7.04. The Labute approximate surface area is 97.1 Å². The Morgan fingerprint density at radius 3 is 2.88 bits per heavy atom. The zero-order valence-electron chi connectivity index (χ0n) is 9.88. The monoisotopic (exact) mass is 221 g/mol. The second kappa shape index (κ2) is 5.44. The van der Waals surface area contributed by atoms with Gasteiger partial charge in [0.2, 0.25) is 0 Å². The molecular weight excluding hydrogens is 201 g/mol. The minimum absolute atomic E-state index is 0.110. The molecule has 2 heteroatoms. The summed E-state index contributed by atoms with van der Waals surface area (Å²) in [7, 11) is 2.01. The van der Waals surface area contributed by atoms with Crippen LogP contribution in [0.1, 0.15) is 24.8 Å². The Balaban J connectivity index is 1.98. The highest BCUT2D eigenvalue weighted by Gasteiger charge is 2.26. The molecule has 0 saturated heterocycles. The lowest BCUT2D eigenvalue weighted by atomic mass is 9.89. The Morgan fingerprint density at radius 2 is 2.12 bits per heavy atom. The van der Waals surface area contributed by atoms with Crippen molar-refractivity contribution >= 4 is 0 Å². The van der Waals surface area contributed by atoms with E-state index in [2.05, 4.69) is 5.32 Å². The van der Waals surface area contributed by atoms with E-state index in [9.17, 15) is 4.39 Å². The van der Waals surface area contributed by atoms with Gasteiger partial charge in [-0.25, -0.2) is 4.39 Å². The van der Waals surface area contributed by atoms with Crippen molar-refractivity contribution in [1.82, 2.24) is 5.32 Å². The van der Waals surface area contributed by atoms with E-state index < -0.39 is 0 Å². The van der Waals surface area contributed by atoms with E-state index in [4.69, 9.17) is 0 Å². The number of nitrogens with one attached hydrogen (secondary N) is 1. The Kier molecular flexibility index (Phi) is 3.94. The van der Waals surface area contributed by atoms with Gasteiger partial charge in [0.1, 0.15) is 5.82 Å². The maximum atomic E-state index is 13.1. The third-order valence-electron chi connectivity index (χ3n) is 3.67. The summed E-state index contributed by atoms with van der Waals surface area (Å²) in [5, 5.41) is 3.26. The van der Waals surface area contributed by atoms with Crippen molar-refractivity contribution in [2.24, 2.45) is 11.8 Å². The molecule has 0 aromatic heterocycles. The Morgan fingerprint density at radius 1 is 1.31 bits per heavy atom. The molecule has 0 spiro atoms. The van der Waals surface area contributed by atoms with Crippen molar-refractivity contribution in [1.29, 1.82) is 0 Å². The summed E-state index contributed by atoms with van der Waals surface area (Å²) in [5.74, 6) is 1.39. The Bertz CT molecular complexity index is 337. The molecule has 0 heterocycles. The van der Waals surface area contributed by atoms with Crippen LogP contribution in [-0.2, 0) is 6.42 Å². The van der Waals surface area contributed by atoms with E-state index in [1.54, 1.807) is 6.07 Å². The first kappa shape index (κ1) is 11.6. The summed E-state index contributed by atoms with van der Waals surface area (Å²) >= 11 is 0. The summed E-state index contributed by atoms with van der Waals surface area (Å²) < 4.78 is 13.1. The molecule has 2 rings (SSSR count). The normalized spacial score (nSPS) is 24.9. The predicted molar refractivity (Wildman–Crippen MR) is 64.9 cm³/mol. The van der Waals surface area contributed by atoms with Crippen molar-refractivity contribution in [3.8, 4) is 0 Å². The van der Waals surface area contributed by atoms with Crippen molar-refractivity contribution in [2.45, 2.75) is 25.7 Å². The molecule has 2 unspecified atom stereocenters. The first-order valence-corrected chi connectivity index (χ1v) is 6.18. The van der Waals surface area contributed by atoms with Crippen LogP contribution >= 0.6 is 0 Å². The van der Waals surface area contributed by atoms with Crippen LogP contribution in [0.15, 0.2) is 24.3 Å². The zero-order valence-corrected chi connectivity index (χ0v) is 9.88. The van der Waals surface area contributed by atoms with Gasteiger partial charge < -0.3 is 5.32 Å². The highest BCUT2D eigenvalue weighted by molar-refractivity contribution is 5.17. The van der Waals surface area contributed by atoms with Crippen LogP contribution in [0.2, 0.25) is 0 Å². The van der Waals surface area contributed by atoms with Crippen LogP contribution in [-0.4, -0.2) is 13.6 Å². The average Bonchev–Trinajstić information content (AvgIpc) is 2.66. The van der Waals surface area contributed by atoms with Gasteiger partial charge in [-0.2, -0.15) is 0 Å². The number of rotatable bonds is 4. The first-order valence-electron chi connectivity index (χ1n) is 6.18. The number of halogens is 1. The fourth-order valence-corrected chi connectivity index (χ4v) is 2.88. The van der Waals surface area contributed by atoms with Crippen molar-refractivity contribution < 1.29 is 4.39 Å². The third kappa shape index (κ3) is 2.82. The maximum absolute atomic E-state index is 13.1. The fraction of sp³-hybridized carbons (Fsp3) is 0.571. The molecule has 1 nitrogen and oxygen atoms in total. The van der Waals surface area contributed by atoms with E-state index in [1.165, 1.54) is 25.3 Å². The molecule has 16 heavy (non-hydrogen) atoms. The van der Waals surface area contributed by atoms with Gasteiger partial charge in [-0.15, -0.1) is 0 Å². The second-order valence-corrected chi connectivity index (χ2v) is 4.84. The first-order chi connectivity index (χ1) is 7.79. The lowest BCUT2D eigenvalue weighted by Crippen LogP contribution is -2.23. The van der Waals surface area contributed by atoms with E-state index in [-0.39, 0.29) is 5.82 Å². The molecule has 2 atom stereocenters. The third-order valence-corrected chi connectivity index (χ3v) is 3.67. The highest BCUT2D eigenvalue weighted by atomic mass is 19.1. The number of hydrogen-bond acceptors (Lipinski definition) is 1. The van der Waals surface area contributed by atoms with Gasteiger partial charge >= 0.3 is 0 Å². The van der Waals surface area contributed by atoms with Crippen molar-refractivity contribution in [3.63, 3.8) is 0 Å². The lowest BCUT2D eigenvalue weighted by molar-refractivity contribution is 0.374. The second-order valence-electron chi connectivity index (χ2n) is 4.84. The molecule has 0 bridgehead atoms. The molecule has 1 aliphatic rings. The van der Waals surface area contributed by atoms with Gasteiger partial charge in [-0.1, -0.05) is 18.6 Å². The Hall–Kier alpha value is -0.890. The summed E-state index contributed by atoms with van der Waals surface area (Å²) in [4.78, 5) is 0. The van der Waals surface area contributed by atoms with Gasteiger partial charge in [0.05, 0.1) is 0 Å². The van der Waals surface area contributed by atoms with Gasteiger partial charge in [0.15, 0.2) is 0 Å². The molecule has 0 radical (unpaired) electrons. The standard InChI is InChI=1S/C14H20FN/c1-16-10-13-6-3-5-12(13)8-11-4-2-7-14(15)9-11/h2,4,7,9,12-13,16H,3,5-6,8,10H2,1H3. The molecule has 1 aliphatic carbocycles. The van der Waals surface area contributed by atoms with Gasteiger partial charge in [-0.05, 0) is 62.4 Å². The molecule has 88 valence electrons. The molecule has 1 aromatic carbocycles. The minimum Gasteiger partial charge on any atom is -0.319 e. The topological polar surface area (TPSA) is 12.0 Å². The molecule has 0 amide bonds. The van der Waals surface area contributed by atoms with E-state index >= 15 is 0 Å². The fourth-order valence-electron chi connectivity index (χ4n) is 2.88. The van der Waals surface area contributed by atoms with E-state index in [0.717, 1.165) is 30.4 Å². The van der Waals surface area contributed by atoms with Crippen LogP contribution in [0.3, 0.4) is 0 Å². The van der Waals surface area contributed by atoms with Gasteiger partial charge in [0, 0.05) is 0 Å². The van der Waals surface area contributed by atoms with Crippen molar-refractivity contribution in [3.05, 3.63) is 35.6 Å². The van der Waals surface area contributed by atoms with Crippen LogP contribution in [0, 0.1) is 17.7 Å². The summed E-state index contributed by atoms with van der Waals surface area (Å²) in [5.41, 5.74) is 1.15. The van der Waals surface area contributed by atoms with E-state index in [1.807, 2.05) is 19.2 Å². The van der Waals surface area contributed by atoms with Crippen LogP contribution in [0.5, 0.6) is 0 Å². The lowest BCUT2D eigenvalue weighted by Gasteiger charge is -2.19. The zero-order chi connectivity index (χ0) is 11.4. The van der Waals surface area contributed by atoms with Crippen LogP contribution < -0.4 is 5.32 Å². The summed E-state index contributed by atoms with van der Waals surface area (Å²) in [6.45, 7) is 1.10. The smallest absolute Gasteiger partial charge is 0.123 e. The minimum atomic E-state index is -0.110. The van der Waals surface area contributed by atoms with Gasteiger partial charge in [-0.3, -0.25) is 0 Å². The number of benzene rings is 1. The largest absolute Gasteiger partial charge is 0.319 e. The van der Waals surface area contributed by atoms with Crippen molar-refractivity contribution in [2.75, 3.05) is 13.6 Å².